The van der Waals surface area contributed by atoms with E-state index in [1.807, 2.05) is 0 Å². The van der Waals surface area contributed by atoms with E-state index in [0.717, 1.165) is 0 Å². The van der Waals surface area contributed by atoms with E-state index in [0.29, 0.717) is 17.2 Å². The highest BCUT2D eigenvalue weighted by Gasteiger charge is 2.10. The molecule has 2 heterocycles. The Morgan fingerprint density at radius 3 is 2.25 bits per heavy atom. The smallest absolute Gasteiger partial charge is 0.322 e. The fourth-order valence-corrected chi connectivity index (χ4v) is 2.83. The van der Waals surface area contributed by atoms with E-state index < -0.39 is 15.9 Å². The number of nitrogens with zero attached hydrogens (tertiary/aromatic N) is 6. The van der Waals surface area contributed by atoms with Crippen LogP contribution in [0.15, 0.2) is 24.3 Å². The van der Waals surface area contributed by atoms with Crippen molar-refractivity contribution in [1.29, 1.82) is 0 Å². The molecule has 0 saturated heterocycles. The molecule has 0 aliphatic rings. The Labute approximate surface area is 183 Å². The number of nitrogens with one attached hydrogen (secondary N) is 3. The van der Waals surface area contributed by atoms with Crippen molar-refractivity contribution >= 4 is 39.3 Å². The third kappa shape index (κ3) is 6.93. The van der Waals surface area contributed by atoms with Gasteiger partial charge in [-0.2, -0.15) is 33.3 Å². The molecule has 32 heavy (non-hydrogen) atoms. The molecular formula is C17H21N9O5S. The van der Waals surface area contributed by atoms with Crippen LogP contribution in [0.25, 0.3) is 0 Å². The maximum atomic E-state index is 10.9. The number of ether oxygens (including phenoxy) is 1. The van der Waals surface area contributed by atoms with Crippen LogP contribution in [0.3, 0.4) is 0 Å². The van der Waals surface area contributed by atoms with Crippen molar-refractivity contribution in [3.8, 4) is 6.01 Å². The summed E-state index contributed by atoms with van der Waals surface area (Å²) in [7, 11) is -2.74. The molecular weight excluding hydrogens is 442 g/mol. The number of rotatable bonds is 10. The summed E-state index contributed by atoms with van der Waals surface area (Å²) in [6.07, 6.45) is 0. The predicted octanol–water partition coefficient (Wildman–Crippen LogP) is 0.653. The maximum absolute atomic E-state index is 10.9. The molecule has 0 bridgehead atoms. The van der Waals surface area contributed by atoms with Crippen LogP contribution in [0.1, 0.15) is 11.6 Å². The topological polar surface area (TPSA) is 197 Å². The first kappa shape index (κ1) is 23.0. The predicted molar refractivity (Wildman–Crippen MR) is 115 cm³/mol. The molecule has 3 aromatic rings. The van der Waals surface area contributed by atoms with Crippen LogP contribution in [0.4, 0.5) is 29.2 Å². The second-order valence-corrected chi connectivity index (χ2v) is 7.87. The van der Waals surface area contributed by atoms with Gasteiger partial charge in [0.2, 0.25) is 17.8 Å². The number of benzene rings is 1. The van der Waals surface area contributed by atoms with Crippen LogP contribution in [-0.4, -0.2) is 67.4 Å². The van der Waals surface area contributed by atoms with Gasteiger partial charge in [-0.05, 0) is 25.1 Å². The summed E-state index contributed by atoms with van der Waals surface area (Å²) in [6, 6.07) is 7.09. The molecule has 0 aliphatic carbocycles. The molecule has 0 saturated carbocycles. The van der Waals surface area contributed by atoms with E-state index in [2.05, 4.69) is 45.9 Å². The van der Waals surface area contributed by atoms with Crippen molar-refractivity contribution in [1.82, 2.24) is 29.9 Å². The molecule has 170 valence electrons. The number of methoxy groups -OCH3 is 1. The Kier molecular flexibility index (Phi) is 7.24. The first-order chi connectivity index (χ1) is 15.2. The lowest BCUT2D eigenvalue weighted by Crippen LogP contribution is -2.16. The van der Waals surface area contributed by atoms with Crippen LogP contribution in [-0.2, 0) is 16.7 Å². The van der Waals surface area contributed by atoms with Gasteiger partial charge in [-0.15, -0.1) is 0 Å². The lowest BCUT2D eigenvalue weighted by Gasteiger charge is -2.11. The van der Waals surface area contributed by atoms with E-state index in [1.165, 1.54) is 7.11 Å². The third-order valence-electron chi connectivity index (χ3n) is 3.75. The van der Waals surface area contributed by atoms with Crippen LogP contribution in [0.5, 0.6) is 6.01 Å². The van der Waals surface area contributed by atoms with Crippen molar-refractivity contribution in [3.05, 3.63) is 35.9 Å². The largest absolute Gasteiger partial charge is 0.467 e. The average molecular weight is 463 g/mol. The van der Waals surface area contributed by atoms with Crippen molar-refractivity contribution in [2.45, 2.75) is 13.5 Å². The van der Waals surface area contributed by atoms with Crippen molar-refractivity contribution in [2.75, 3.05) is 35.4 Å². The summed E-state index contributed by atoms with van der Waals surface area (Å²) in [4.78, 5) is 24.6. The molecule has 0 spiro atoms. The molecule has 15 heteroatoms. The minimum atomic E-state index is -4.12. The number of aromatic nitrogens is 6. The minimum absolute atomic E-state index is 0.00308. The van der Waals surface area contributed by atoms with E-state index in [4.69, 9.17) is 9.29 Å². The van der Waals surface area contributed by atoms with Crippen LogP contribution in [0.2, 0.25) is 0 Å². The number of anilines is 5. The van der Waals surface area contributed by atoms with Crippen LogP contribution < -0.4 is 20.7 Å². The van der Waals surface area contributed by atoms with Gasteiger partial charge in [-0.1, -0.05) is 6.07 Å². The summed E-state index contributed by atoms with van der Waals surface area (Å²) in [5.41, 5.74) is 1.26. The van der Waals surface area contributed by atoms with E-state index in [-0.39, 0.29) is 42.8 Å². The first-order valence-electron chi connectivity index (χ1n) is 9.19. The van der Waals surface area contributed by atoms with Gasteiger partial charge in [0.05, 0.1) is 12.9 Å². The average Bonchev–Trinajstić information content (AvgIpc) is 2.72. The molecule has 5 N–H and O–H groups in total. The highest BCUT2D eigenvalue weighted by atomic mass is 32.2. The van der Waals surface area contributed by atoms with E-state index in [9.17, 15) is 13.5 Å². The van der Waals surface area contributed by atoms with Gasteiger partial charge in [0.15, 0.2) is 5.82 Å². The molecule has 0 fully saturated rings. The Bertz CT molecular complexity index is 1190. The Morgan fingerprint density at radius 2 is 1.62 bits per heavy atom. The zero-order valence-electron chi connectivity index (χ0n) is 17.1. The van der Waals surface area contributed by atoms with Gasteiger partial charge in [-0.25, -0.2) is 4.98 Å². The fourth-order valence-electron chi connectivity index (χ4n) is 2.47. The molecule has 0 unspecified atom stereocenters. The van der Waals surface area contributed by atoms with Crippen molar-refractivity contribution in [3.63, 3.8) is 0 Å². The Morgan fingerprint density at radius 1 is 0.969 bits per heavy atom. The van der Waals surface area contributed by atoms with E-state index >= 15 is 0 Å². The van der Waals surface area contributed by atoms with Gasteiger partial charge in [-0.3, -0.25) is 4.55 Å². The zero-order valence-corrected chi connectivity index (χ0v) is 18.0. The number of aliphatic hydroxyl groups excluding tert-OH is 1. The second-order valence-electron chi connectivity index (χ2n) is 6.29. The lowest BCUT2D eigenvalue weighted by molar-refractivity contribution is 0.270. The molecule has 2 aromatic heterocycles. The normalized spacial score (nSPS) is 11.1. The quantitative estimate of drug-likeness (QED) is 0.263. The van der Waals surface area contributed by atoms with Gasteiger partial charge in [0.1, 0.15) is 12.4 Å². The summed E-state index contributed by atoms with van der Waals surface area (Å²) in [6.45, 7) is 1.28. The Hall–Kier alpha value is -3.69. The Balaban J connectivity index is 1.75. The second kappa shape index (κ2) is 10.1. The third-order valence-corrected chi connectivity index (χ3v) is 4.47. The number of hydrogen-bond donors (Lipinski definition) is 5. The molecule has 1 aromatic carbocycles. The first-order valence-corrected chi connectivity index (χ1v) is 10.8. The highest BCUT2D eigenvalue weighted by Crippen LogP contribution is 2.21. The molecule has 14 nitrogen and oxygen atoms in total. The van der Waals surface area contributed by atoms with Crippen LogP contribution in [0, 0.1) is 6.92 Å². The zero-order chi connectivity index (χ0) is 23.1. The maximum Gasteiger partial charge on any atom is 0.322 e. The van der Waals surface area contributed by atoms with E-state index in [1.54, 1.807) is 31.2 Å². The molecule has 0 radical (unpaired) electrons. The summed E-state index contributed by atoms with van der Waals surface area (Å²) in [5, 5.41) is 18.0. The SMILES string of the molecule is COc1nc(NCCS(=O)(=O)O)nc(Nc2cccc(Nc3nc(C)nc(CO)n3)c2)n1. The van der Waals surface area contributed by atoms with Gasteiger partial charge in [0, 0.05) is 17.9 Å². The molecule has 3 rings (SSSR count). The summed E-state index contributed by atoms with van der Waals surface area (Å²) >= 11 is 0. The van der Waals surface area contributed by atoms with Crippen molar-refractivity contribution in [2.24, 2.45) is 0 Å². The van der Waals surface area contributed by atoms with Crippen LogP contribution >= 0.6 is 0 Å². The van der Waals surface area contributed by atoms with Gasteiger partial charge in [0.25, 0.3) is 10.1 Å². The van der Waals surface area contributed by atoms with Crippen molar-refractivity contribution < 1.29 is 22.8 Å². The molecule has 0 atom stereocenters. The molecule has 0 amide bonds. The number of aliphatic hydroxyl groups is 1. The minimum Gasteiger partial charge on any atom is -0.467 e. The lowest BCUT2D eigenvalue weighted by atomic mass is 10.3. The number of aryl methyl sites for hydroxylation is 1. The summed E-state index contributed by atoms with van der Waals surface area (Å²) < 4.78 is 35.6. The fraction of sp³-hybridized carbons (Fsp3) is 0.294. The highest BCUT2D eigenvalue weighted by molar-refractivity contribution is 7.85. The van der Waals surface area contributed by atoms with Gasteiger partial charge < -0.3 is 25.8 Å². The summed E-state index contributed by atoms with van der Waals surface area (Å²) in [5.74, 6) is 0.696. The number of hydrogen-bond acceptors (Lipinski definition) is 13. The van der Waals surface area contributed by atoms with Gasteiger partial charge >= 0.3 is 6.01 Å². The standard InChI is InChI=1S/C17H21N9O5S/c1-10-19-13(9-27)23-15(20-10)21-11-4-3-5-12(8-11)22-16-24-14(25-17(26-16)31-2)18-6-7-32(28,29)30/h3-5,8,27H,6-7,9H2,1-2H3,(H,28,29,30)(H,19,20,21,23)(H2,18,22,24,25,26). The molecule has 0 aliphatic heterocycles. The monoisotopic (exact) mass is 463 g/mol.